The van der Waals surface area contributed by atoms with Gasteiger partial charge in [0.1, 0.15) is 6.61 Å². The molecule has 0 aliphatic carbocycles. The molecule has 2 N–H and O–H groups in total. The first kappa shape index (κ1) is 24.3. The Kier molecular flexibility index (Phi) is 8.46. The van der Waals surface area contributed by atoms with E-state index in [1.807, 2.05) is 12.1 Å². The van der Waals surface area contributed by atoms with E-state index in [0.717, 1.165) is 10.0 Å². The average molecular weight is 531 g/mol. The summed E-state index contributed by atoms with van der Waals surface area (Å²) in [6.07, 6.45) is 0. The summed E-state index contributed by atoms with van der Waals surface area (Å²) < 4.78 is 12.1. The Morgan fingerprint density at radius 1 is 0.970 bits per heavy atom. The third-order valence-electron chi connectivity index (χ3n) is 4.52. The number of nitrogens with zero attached hydrogens (tertiary/aromatic N) is 1. The Morgan fingerprint density at radius 2 is 1.67 bits per heavy atom. The van der Waals surface area contributed by atoms with Crippen LogP contribution in [0.2, 0.25) is 5.02 Å². The minimum absolute atomic E-state index is 0.351. The van der Waals surface area contributed by atoms with Crippen molar-refractivity contribution in [2.24, 2.45) is 5.10 Å². The molecule has 0 fully saturated rings. The summed E-state index contributed by atoms with van der Waals surface area (Å²) in [4.78, 5) is 24.1. The molecule has 3 aromatic rings. The third kappa shape index (κ3) is 7.06. The normalized spacial score (nSPS) is 11.0. The van der Waals surface area contributed by atoms with Crippen LogP contribution in [-0.2, 0) is 16.2 Å². The second-order valence-corrected chi connectivity index (χ2v) is 8.23. The SMILES string of the molecule is COc1cc(/C(C)=N/NC(=O)C(=O)Nc2ccc(Br)cc2)ccc1OCc1ccc(Cl)cc1. The Bertz CT molecular complexity index is 1170. The van der Waals surface area contributed by atoms with Crippen molar-refractivity contribution in [3.63, 3.8) is 0 Å². The van der Waals surface area contributed by atoms with Crippen LogP contribution in [0.25, 0.3) is 0 Å². The molecular weight excluding hydrogens is 510 g/mol. The number of amides is 2. The van der Waals surface area contributed by atoms with Gasteiger partial charge in [-0.15, -0.1) is 0 Å². The molecule has 0 unspecified atom stereocenters. The van der Waals surface area contributed by atoms with Gasteiger partial charge in [0.2, 0.25) is 0 Å². The Balaban J connectivity index is 1.61. The number of hydrogen-bond acceptors (Lipinski definition) is 5. The molecule has 0 saturated carbocycles. The number of carbonyl (C=O) groups is 2. The summed E-state index contributed by atoms with van der Waals surface area (Å²) in [6, 6.07) is 19.5. The van der Waals surface area contributed by atoms with Crippen molar-refractivity contribution >= 4 is 50.7 Å². The van der Waals surface area contributed by atoms with E-state index in [1.165, 1.54) is 7.11 Å². The van der Waals surface area contributed by atoms with Crippen LogP contribution in [0.5, 0.6) is 11.5 Å². The van der Waals surface area contributed by atoms with Gasteiger partial charge in [0.25, 0.3) is 0 Å². The number of ether oxygens (including phenoxy) is 2. The van der Waals surface area contributed by atoms with Gasteiger partial charge in [0, 0.05) is 20.7 Å². The van der Waals surface area contributed by atoms with E-state index in [2.05, 4.69) is 31.8 Å². The van der Waals surface area contributed by atoms with E-state index in [9.17, 15) is 9.59 Å². The topological polar surface area (TPSA) is 89.0 Å². The number of hydrazone groups is 1. The molecule has 7 nitrogen and oxygen atoms in total. The smallest absolute Gasteiger partial charge is 0.329 e. The molecule has 0 bridgehead atoms. The number of methoxy groups -OCH3 is 1. The first-order valence-electron chi connectivity index (χ1n) is 9.82. The van der Waals surface area contributed by atoms with Crippen molar-refractivity contribution in [3.8, 4) is 11.5 Å². The van der Waals surface area contributed by atoms with Gasteiger partial charge in [-0.25, -0.2) is 5.43 Å². The molecule has 0 saturated heterocycles. The lowest BCUT2D eigenvalue weighted by Crippen LogP contribution is -2.32. The van der Waals surface area contributed by atoms with Crippen molar-refractivity contribution < 1.29 is 19.1 Å². The lowest BCUT2D eigenvalue weighted by molar-refractivity contribution is -0.136. The molecule has 0 aliphatic rings. The van der Waals surface area contributed by atoms with Gasteiger partial charge in [-0.05, 0) is 67.1 Å². The zero-order valence-corrected chi connectivity index (χ0v) is 20.2. The van der Waals surface area contributed by atoms with Gasteiger partial charge in [-0.3, -0.25) is 9.59 Å². The van der Waals surface area contributed by atoms with Gasteiger partial charge in [0.15, 0.2) is 11.5 Å². The Labute approximate surface area is 204 Å². The third-order valence-corrected chi connectivity index (χ3v) is 5.30. The molecule has 0 atom stereocenters. The highest BCUT2D eigenvalue weighted by Gasteiger charge is 2.14. The first-order chi connectivity index (χ1) is 15.9. The fraction of sp³-hybridized carbons (Fsp3) is 0.125. The minimum atomic E-state index is -0.882. The maximum atomic E-state index is 12.1. The summed E-state index contributed by atoms with van der Waals surface area (Å²) >= 11 is 9.21. The van der Waals surface area contributed by atoms with Crippen LogP contribution in [0, 0.1) is 0 Å². The van der Waals surface area contributed by atoms with Gasteiger partial charge >= 0.3 is 11.8 Å². The van der Waals surface area contributed by atoms with Crippen LogP contribution in [0.15, 0.2) is 76.3 Å². The van der Waals surface area contributed by atoms with Crippen molar-refractivity contribution in [2.75, 3.05) is 12.4 Å². The molecule has 2 amide bonds. The van der Waals surface area contributed by atoms with Gasteiger partial charge in [-0.2, -0.15) is 5.10 Å². The maximum Gasteiger partial charge on any atom is 0.329 e. The summed E-state index contributed by atoms with van der Waals surface area (Å²) in [5.74, 6) is -0.637. The maximum absolute atomic E-state index is 12.1. The molecule has 170 valence electrons. The fourth-order valence-electron chi connectivity index (χ4n) is 2.72. The number of benzene rings is 3. The first-order valence-corrected chi connectivity index (χ1v) is 11.0. The molecule has 3 aromatic carbocycles. The van der Waals surface area contributed by atoms with E-state index in [0.29, 0.717) is 40.1 Å². The van der Waals surface area contributed by atoms with Crippen LogP contribution >= 0.6 is 27.5 Å². The van der Waals surface area contributed by atoms with Crippen molar-refractivity contribution in [1.82, 2.24) is 5.43 Å². The number of carbonyl (C=O) groups excluding carboxylic acids is 2. The summed E-state index contributed by atoms with van der Waals surface area (Å²) in [7, 11) is 1.54. The molecule has 0 heterocycles. The fourth-order valence-corrected chi connectivity index (χ4v) is 3.11. The van der Waals surface area contributed by atoms with Crippen LogP contribution in [0.3, 0.4) is 0 Å². The summed E-state index contributed by atoms with van der Waals surface area (Å²) in [5, 5.41) is 7.18. The Hall–Kier alpha value is -3.36. The summed E-state index contributed by atoms with van der Waals surface area (Å²) in [6.45, 7) is 2.05. The van der Waals surface area contributed by atoms with Crippen molar-refractivity contribution in [1.29, 1.82) is 0 Å². The van der Waals surface area contributed by atoms with Crippen LogP contribution in [0.4, 0.5) is 5.69 Å². The van der Waals surface area contributed by atoms with E-state index in [1.54, 1.807) is 61.5 Å². The quantitative estimate of drug-likeness (QED) is 0.251. The molecule has 0 aliphatic heterocycles. The highest BCUT2D eigenvalue weighted by Crippen LogP contribution is 2.29. The average Bonchev–Trinajstić information content (AvgIpc) is 2.83. The monoisotopic (exact) mass is 529 g/mol. The predicted octanol–water partition coefficient (Wildman–Crippen LogP) is 5.17. The second kappa shape index (κ2) is 11.5. The lowest BCUT2D eigenvalue weighted by atomic mass is 10.1. The van der Waals surface area contributed by atoms with E-state index < -0.39 is 11.8 Å². The number of nitrogens with one attached hydrogen (secondary N) is 2. The van der Waals surface area contributed by atoms with E-state index >= 15 is 0 Å². The number of rotatable bonds is 7. The lowest BCUT2D eigenvalue weighted by Gasteiger charge is -2.12. The standard InChI is InChI=1S/C24H21BrClN3O4/c1-15(28-29-24(31)23(30)27-20-10-6-18(25)7-11-20)17-5-12-21(22(13-17)32-2)33-14-16-3-8-19(26)9-4-16/h3-13H,14H2,1-2H3,(H,27,30)(H,29,31)/b28-15+. The molecule has 0 aromatic heterocycles. The van der Waals surface area contributed by atoms with Gasteiger partial charge in [0.05, 0.1) is 12.8 Å². The molecule has 3 rings (SSSR count). The Morgan fingerprint density at radius 3 is 2.33 bits per heavy atom. The van der Waals surface area contributed by atoms with E-state index in [-0.39, 0.29) is 0 Å². The molecule has 9 heteroatoms. The number of halogens is 2. The van der Waals surface area contributed by atoms with Crippen molar-refractivity contribution in [2.45, 2.75) is 13.5 Å². The number of hydrogen-bond donors (Lipinski definition) is 2. The minimum Gasteiger partial charge on any atom is -0.493 e. The van der Waals surface area contributed by atoms with Gasteiger partial charge in [-0.1, -0.05) is 39.7 Å². The second-order valence-electron chi connectivity index (χ2n) is 6.88. The molecule has 33 heavy (non-hydrogen) atoms. The number of anilines is 1. The van der Waals surface area contributed by atoms with Gasteiger partial charge < -0.3 is 14.8 Å². The zero-order chi connectivity index (χ0) is 23.8. The molecule has 0 spiro atoms. The van der Waals surface area contributed by atoms with Crippen molar-refractivity contribution in [3.05, 3.63) is 87.4 Å². The highest BCUT2D eigenvalue weighted by atomic mass is 79.9. The van der Waals surface area contributed by atoms with Crippen LogP contribution in [0.1, 0.15) is 18.1 Å². The highest BCUT2D eigenvalue weighted by molar-refractivity contribution is 9.10. The van der Waals surface area contributed by atoms with Crippen LogP contribution in [-0.4, -0.2) is 24.6 Å². The zero-order valence-electron chi connectivity index (χ0n) is 17.9. The summed E-state index contributed by atoms with van der Waals surface area (Å²) in [5.41, 5.74) is 4.91. The largest absolute Gasteiger partial charge is 0.493 e. The molecule has 0 radical (unpaired) electrons. The molecular formula is C24H21BrClN3O4. The predicted molar refractivity (Wildman–Crippen MR) is 132 cm³/mol. The van der Waals surface area contributed by atoms with E-state index in [4.69, 9.17) is 21.1 Å². The van der Waals surface area contributed by atoms with Crippen LogP contribution < -0.4 is 20.2 Å².